The molecule has 0 atom stereocenters. The Morgan fingerprint density at radius 3 is 2.30 bits per heavy atom. The molecule has 1 fully saturated rings. The standard InChI is InChI=1S/C26H39N4O3/c1-5-7-15-32-25-20-24(30-13-17-31-18-14-30)26(33-16-8-6-2)19-23(25)29(4)27-21-22-9-11-28(3)12-10-22/h9-12,19-21H,5-8,13-18H2,1-4H3/q+1. The molecule has 0 N–H and O–H groups in total. The first-order chi connectivity index (χ1) is 16.1. The first-order valence-corrected chi connectivity index (χ1v) is 12.1. The highest BCUT2D eigenvalue weighted by Crippen LogP contribution is 2.41. The summed E-state index contributed by atoms with van der Waals surface area (Å²) in [5.74, 6) is 1.70. The second-order valence-electron chi connectivity index (χ2n) is 8.36. The first-order valence-electron chi connectivity index (χ1n) is 12.1. The lowest BCUT2D eigenvalue weighted by molar-refractivity contribution is -0.671. The van der Waals surface area contributed by atoms with E-state index in [2.05, 4.69) is 30.9 Å². The van der Waals surface area contributed by atoms with Gasteiger partial charge in [0.25, 0.3) is 0 Å². The van der Waals surface area contributed by atoms with Crippen LogP contribution >= 0.6 is 0 Å². The van der Waals surface area contributed by atoms with E-state index in [1.165, 1.54) is 0 Å². The molecule has 3 rings (SSSR count). The maximum atomic E-state index is 6.26. The van der Waals surface area contributed by atoms with E-state index < -0.39 is 0 Å². The number of rotatable bonds is 12. The molecule has 0 bridgehead atoms. The normalized spacial score (nSPS) is 14.0. The van der Waals surface area contributed by atoms with Crippen molar-refractivity contribution in [3.63, 3.8) is 0 Å². The number of unbranched alkanes of at least 4 members (excludes halogenated alkanes) is 2. The van der Waals surface area contributed by atoms with Gasteiger partial charge in [0.15, 0.2) is 12.4 Å². The number of anilines is 2. The molecule has 7 nitrogen and oxygen atoms in total. The van der Waals surface area contributed by atoms with Crippen LogP contribution in [0.3, 0.4) is 0 Å². The Hall–Kier alpha value is -2.80. The van der Waals surface area contributed by atoms with Gasteiger partial charge in [0, 0.05) is 50.0 Å². The third kappa shape index (κ3) is 7.35. The Morgan fingerprint density at radius 1 is 1.03 bits per heavy atom. The predicted molar refractivity (Wildman–Crippen MR) is 134 cm³/mol. The molecule has 0 amide bonds. The lowest BCUT2D eigenvalue weighted by Crippen LogP contribution is -2.36. The van der Waals surface area contributed by atoms with Crippen LogP contribution in [0.25, 0.3) is 0 Å². The third-order valence-electron chi connectivity index (χ3n) is 5.64. The fourth-order valence-electron chi connectivity index (χ4n) is 3.54. The van der Waals surface area contributed by atoms with Gasteiger partial charge < -0.3 is 19.1 Å². The number of nitrogens with zero attached hydrogens (tertiary/aromatic N) is 4. The zero-order valence-electron chi connectivity index (χ0n) is 20.6. The topological polar surface area (TPSA) is 50.4 Å². The summed E-state index contributed by atoms with van der Waals surface area (Å²) in [5.41, 5.74) is 3.00. The maximum absolute atomic E-state index is 6.26. The van der Waals surface area contributed by atoms with Gasteiger partial charge in [-0.15, -0.1) is 0 Å². The van der Waals surface area contributed by atoms with E-state index in [4.69, 9.17) is 19.3 Å². The van der Waals surface area contributed by atoms with Crippen molar-refractivity contribution in [2.24, 2.45) is 12.1 Å². The highest BCUT2D eigenvalue weighted by molar-refractivity contribution is 5.81. The Bertz CT molecular complexity index is 880. The molecular weight excluding hydrogens is 416 g/mol. The minimum absolute atomic E-state index is 0.675. The molecule has 1 aliphatic heterocycles. The van der Waals surface area contributed by atoms with Crippen molar-refractivity contribution >= 4 is 17.6 Å². The molecule has 0 aliphatic carbocycles. The molecule has 0 saturated carbocycles. The van der Waals surface area contributed by atoms with Crippen molar-refractivity contribution in [1.82, 2.24) is 0 Å². The number of morpholine rings is 1. The summed E-state index contributed by atoms with van der Waals surface area (Å²) in [6, 6.07) is 8.27. The van der Waals surface area contributed by atoms with Crippen molar-refractivity contribution in [3.05, 3.63) is 42.2 Å². The number of benzene rings is 1. The number of hydrogen-bond acceptors (Lipinski definition) is 6. The van der Waals surface area contributed by atoms with Gasteiger partial charge in [0.05, 0.1) is 38.3 Å². The van der Waals surface area contributed by atoms with Crippen LogP contribution in [0.2, 0.25) is 0 Å². The first kappa shape index (κ1) is 24.8. The summed E-state index contributed by atoms with van der Waals surface area (Å²) in [4.78, 5) is 2.33. The number of hydrazone groups is 1. The fourth-order valence-corrected chi connectivity index (χ4v) is 3.54. The second-order valence-corrected chi connectivity index (χ2v) is 8.36. The van der Waals surface area contributed by atoms with Crippen LogP contribution in [0.15, 0.2) is 41.8 Å². The molecule has 2 aromatic rings. The molecule has 1 aliphatic rings. The van der Waals surface area contributed by atoms with Crippen molar-refractivity contribution in [3.8, 4) is 11.5 Å². The summed E-state index contributed by atoms with van der Waals surface area (Å²) in [5, 5.41) is 6.56. The van der Waals surface area contributed by atoms with Crippen LogP contribution in [0.4, 0.5) is 11.4 Å². The van der Waals surface area contributed by atoms with Crippen LogP contribution in [-0.2, 0) is 11.8 Å². The average Bonchev–Trinajstić information content (AvgIpc) is 2.84. The molecule has 0 unspecified atom stereocenters. The predicted octanol–water partition coefficient (Wildman–Crippen LogP) is 4.18. The summed E-state index contributed by atoms with van der Waals surface area (Å²) in [6.07, 6.45) is 10.1. The Balaban J connectivity index is 1.93. The number of hydrogen-bond donors (Lipinski definition) is 0. The van der Waals surface area contributed by atoms with Crippen LogP contribution in [0, 0.1) is 0 Å². The zero-order valence-corrected chi connectivity index (χ0v) is 20.6. The minimum atomic E-state index is 0.675. The summed E-state index contributed by atoms with van der Waals surface area (Å²) < 4.78 is 20.1. The molecule has 7 heteroatoms. The number of ether oxygens (including phenoxy) is 3. The van der Waals surface area contributed by atoms with Crippen LogP contribution in [0.5, 0.6) is 11.5 Å². The van der Waals surface area contributed by atoms with E-state index >= 15 is 0 Å². The SMILES string of the molecule is CCCCOc1cc(N(C)N=Cc2cc[n+](C)cc2)c(OCCCC)cc1N1CCOCC1. The molecule has 33 heavy (non-hydrogen) atoms. The molecule has 180 valence electrons. The Kier molecular flexibility index (Phi) is 9.81. The van der Waals surface area contributed by atoms with Crippen molar-refractivity contribution in [2.75, 3.05) is 56.5 Å². The van der Waals surface area contributed by atoms with Crippen molar-refractivity contribution in [1.29, 1.82) is 0 Å². The van der Waals surface area contributed by atoms with Gasteiger partial charge in [0.2, 0.25) is 0 Å². The number of aromatic nitrogens is 1. The molecule has 0 spiro atoms. The Labute approximate surface area is 198 Å². The molecular formula is C26H39N4O3+. The van der Waals surface area contributed by atoms with Crippen molar-refractivity contribution < 1.29 is 18.8 Å². The van der Waals surface area contributed by atoms with Crippen LogP contribution in [-0.4, -0.2) is 52.8 Å². The third-order valence-corrected chi connectivity index (χ3v) is 5.64. The molecule has 2 heterocycles. The van der Waals surface area contributed by atoms with Gasteiger partial charge in [-0.3, -0.25) is 5.01 Å². The summed E-state index contributed by atoms with van der Waals surface area (Å²) in [7, 11) is 3.95. The monoisotopic (exact) mass is 455 g/mol. The largest absolute Gasteiger partial charge is 0.491 e. The number of pyridine rings is 1. The van der Waals surface area contributed by atoms with E-state index in [-0.39, 0.29) is 0 Å². The average molecular weight is 456 g/mol. The highest BCUT2D eigenvalue weighted by atomic mass is 16.5. The number of aryl methyl sites for hydroxylation is 1. The van der Waals surface area contributed by atoms with Crippen LogP contribution < -0.4 is 23.9 Å². The minimum Gasteiger partial charge on any atom is -0.491 e. The fraction of sp³-hybridized carbons (Fsp3) is 0.538. The van der Waals surface area contributed by atoms with E-state index in [1.54, 1.807) is 0 Å². The van der Waals surface area contributed by atoms with E-state index in [1.807, 2.05) is 54.4 Å². The van der Waals surface area contributed by atoms with Gasteiger partial charge in [-0.1, -0.05) is 26.7 Å². The zero-order chi connectivity index (χ0) is 23.5. The molecule has 0 radical (unpaired) electrons. The van der Waals surface area contributed by atoms with Crippen LogP contribution in [0.1, 0.15) is 45.1 Å². The van der Waals surface area contributed by atoms with Gasteiger partial charge in [-0.2, -0.15) is 5.10 Å². The van der Waals surface area contributed by atoms with Gasteiger partial charge in [-0.25, -0.2) is 4.57 Å². The lowest BCUT2D eigenvalue weighted by Gasteiger charge is -2.31. The van der Waals surface area contributed by atoms with Gasteiger partial charge in [0.1, 0.15) is 24.2 Å². The summed E-state index contributed by atoms with van der Waals surface area (Å²) >= 11 is 0. The molecule has 1 aromatic carbocycles. The highest BCUT2D eigenvalue weighted by Gasteiger charge is 2.21. The smallest absolute Gasteiger partial charge is 0.169 e. The quantitative estimate of drug-likeness (QED) is 0.208. The lowest BCUT2D eigenvalue weighted by atomic mass is 10.2. The molecule has 1 saturated heterocycles. The van der Waals surface area contributed by atoms with Crippen molar-refractivity contribution in [2.45, 2.75) is 39.5 Å². The maximum Gasteiger partial charge on any atom is 0.169 e. The van der Waals surface area contributed by atoms with E-state index in [0.29, 0.717) is 13.2 Å². The summed E-state index contributed by atoms with van der Waals surface area (Å²) in [6.45, 7) is 8.85. The van der Waals surface area contributed by atoms with Gasteiger partial charge >= 0.3 is 0 Å². The van der Waals surface area contributed by atoms with E-state index in [9.17, 15) is 0 Å². The second kappa shape index (κ2) is 13.0. The van der Waals surface area contributed by atoms with E-state index in [0.717, 1.165) is 80.4 Å². The Morgan fingerprint density at radius 2 is 1.67 bits per heavy atom. The molecule has 1 aromatic heterocycles. The van der Waals surface area contributed by atoms with Gasteiger partial charge in [-0.05, 0) is 12.8 Å².